The highest BCUT2D eigenvalue weighted by Crippen LogP contribution is 2.13. The standard InChI is InChI=1S/C3H3F3/c1-2-3(4,5)6/h2H,1H2/i2D. The molecule has 0 saturated heterocycles. The molecule has 0 amide bonds. The van der Waals surface area contributed by atoms with E-state index in [4.69, 9.17) is 1.37 Å². The van der Waals surface area contributed by atoms with E-state index in [0.29, 0.717) is 0 Å². The molecule has 36 valence electrons. The predicted octanol–water partition coefficient (Wildman–Crippen LogP) is 1.73. The van der Waals surface area contributed by atoms with Crippen LogP contribution in [0, 0.1) is 0 Å². The van der Waals surface area contributed by atoms with Crippen molar-refractivity contribution < 1.29 is 14.5 Å². The maximum Gasteiger partial charge on any atom is 0.409 e. The fourth-order valence-electron chi connectivity index (χ4n) is 0. The van der Waals surface area contributed by atoms with Gasteiger partial charge in [-0.2, -0.15) is 13.2 Å². The third-order valence-electron chi connectivity index (χ3n) is 0.200. The summed E-state index contributed by atoms with van der Waals surface area (Å²) in [7, 11) is 0. The van der Waals surface area contributed by atoms with Gasteiger partial charge in [-0.15, -0.1) is 0 Å². The van der Waals surface area contributed by atoms with Crippen molar-refractivity contribution in [1.82, 2.24) is 0 Å². The minimum absolute atomic E-state index is 1.51. The van der Waals surface area contributed by atoms with Crippen LogP contribution >= 0.6 is 0 Å². The minimum Gasteiger partial charge on any atom is -0.167 e. The zero-order chi connectivity index (χ0) is 6.08. The highest BCUT2D eigenvalue weighted by Gasteiger charge is 2.19. The molecule has 0 nitrogen and oxygen atoms in total. The number of rotatable bonds is 0. The van der Waals surface area contributed by atoms with Gasteiger partial charge in [0.05, 0.1) is 1.37 Å². The van der Waals surface area contributed by atoms with E-state index in [9.17, 15) is 13.2 Å². The maximum atomic E-state index is 10.9. The van der Waals surface area contributed by atoms with Crippen molar-refractivity contribution in [2.45, 2.75) is 6.18 Å². The molecule has 0 rings (SSSR count). The summed E-state index contributed by atoms with van der Waals surface area (Å²) < 4.78 is 38.6. The first-order chi connectivity index (χ1) is 2.94. The molecule has 3 heteroatoms. The lowest BCUT2D eigenvalue weighted by Gasteiger charge is -1.91. The Bertz CT molecular complexity index is 82.7. The molecule has 0 radical (unpaired) electrons. The maximum absolute atomic E-state index is 10.9. The first kappa shape index (κ1) is 3.71. The summed E-state index contributed by atoms with van der Waals surface area (Å²) in [5, 5.41) is 0. The Kier molecular flexibility index (Phi) is 0.819. The van der Waals surface area contributed by atoms with Crippen LogP contribution in [0.3, 0.4) is 0 Å². The highest BCUT2D eigenvalue weighted by atomic mass is 19.4. The van der Waals surface area contributed by atoms with Crippen LogP contribution in [-0.4, -0.2) is 6.18 Å². The van der Waals surface area contributed by atoms with Crippen LogP contribution in [0.1, 0.15) is 1.37 Å². The zero-order valence-electron chi connectivity index (χ0n) is 3.84. The molecule has 0 aromatic carbocycles. The molecule has 0 fully saturated rings. The molecule has 0 unspecified atom stereocenters. The highest BCUT2D eigenvalue weighted by molar-refractivity contribution is 4.75. The molecule has 0 N–H and O–H groups in total. The average molecular weight is 97.1 g/mol. The smallest absolute Gasteiger partial charge is 0.167 e. The molecule has 6 heavy (non-hydrogen) atoms. The van der Waals surface area contributed by atoms with Gasteiger partial charge < -0.3 is 0 Å². The molecule has 0 aromatic heterocycles. The molecule has 0 atom stereocenters. The van der Waals surface area contributed by atoms with Gasteiger partial charge in [0, 0.05) is 6.05 Å². The molecule has 0 heterocycles. The van der Waals surface area contributed by atoms with Gasteiger partial charge in [-0.25, -0.2) is 0 Å². The lowest BCUT2D eigenvalue weighted by Crippen LogP contribution is -1.98. The average Bonchev–Trinajstić information content (AvgIpc) is 1.31. The molecule has 0 aliphatic heterocycles. The lowest BCUT2D eigenvalue weighted by molar-refractivity contribution is -0.0795. The van der Waals surface area contributed by atoms with Crippen molar-refractivity contribution >= 4 is 0 Å². The van der Waals surface area contributed by atoms with E-state index in [1.54, 1.807) is 0 Å². The fourth-order valence-corrected chi connectivity index (χ4v) is 0. The molecule has 0 aliphatic rings. The first-order valence-corrected chi connectivity index (χ1v) is 1.17. The number of hydrogen-bond donors (Lipinski definition) is 0. The lowest BCUT2D eigenvalue weighted by atomic mass is 10.6. The first-order valence-electron chi connectivity index (χ1n) is 1.67. The second kappa shape index (κ2) is 1.32. The number of alkyl halides is 3. The molecule has 0 aliphatic carbocycles. The topological polar surface area (TPSA) is 0 Å². The molecule has 0 bridgehead atoms. The predicted molar refractivity (Wildman–Crippen MR) is 16.3 cm³/mol. The van der Waals surface area contributed by atoms with Gasteiger partial charge in [0.25, 0.3) is 0 Å². The van der Waals surface area contributed by atoms with Crippen LogP contribution in [0.2, 0.25) is 0 Å². The summed E-state index contributed by atoms with van der Waals surface area (Å²) in [4.78, 5) is 0. The summed E-state index contributed by atoms with van der Waals surface area (Å²) in [6.45, 7) is 2.37. The molecular weight excluding hydrogens is 93.0 g/mol. The van der Waals surface area contributed by atoms with Gasteiger partial charge >= 0.3 is 6.18 Å². The van der Waals surface area contributed by atoms with Crippen LogP contribution in [0.4, 0.5) is 13.2 Å². The minimum atomic E-state index is -4.53. The third-order valence-corrected chi connectivity index (χ3v) is 0.200. The van der Waals surface area contributed by atoms with Crippen molar-refractivity contribution in [1.29, 1.82) is 0 Å². The quantitative estimate of drug-likeness (QED) is 0.404. The largest absolute Gasteiger partial charge is 0.409 e. The van der Waals surface area contributed by atoms with Crippen molar-refractivity contribution in [3.63, 3.8) is 0 Å². The SMILES string of the molecule is [2H]C(=C)C(F)(F)F. The summed E-state index contributed by atoms with van der Waals surface area (Å²) in [5.74, 6) is 0. The Morgan fingerprint density at radius 3 is 1.83 bits per heavy atom. The third kappa shape index (κ3) is 3.53. The van der Waals surface area contributed by atoms with E-state index < -0.39 is 12.2 Å². The van der Waals surface area contributed by atoms with Crippen molar-refractivity contribution in [2.75, 3.05) is 0 Å². The van der Waals surface area contributed by atoms with Gasteiger partial charge in [0.15, 0.2) is 0 Å². The van der Waals surface area contributed by atoms with Gasteiger partial charge in [0.1, 0.15) is 0 Å². The van der Waals surface area contributed by atoms with Crippen molar-refractivity contribution in [3.05, 3.63) is 12.6 Å². The number of halogens is 3. The van der Waals surface area contributed by atoms with Crippen molar-refractivity contribution in [3.8, 4) is 0 Å². The van der Waals surface area contributed by atoms with Gasteiger partial charge in [-0.3, -0.25) is 0 Å². The van der Waals surface area contributed by atoms with Crippen LogP contribution in [0.15, 0.2) is 12.6 Å². The Balaban J connectivity index is 3.79. The van der Waals surface area contributed by atoms with Gasteiger partial charge in [-0.05, 0) is 0 Å². The Hall–Kier alpha value is -0.470. The van der Waals surface area contributed by atoms with Crippen LogP contribution in [0.25, 0.3) is 0 Å². The normalized spacial score (nSPS) is 13.5. The summed E-state index contributed by atoms with van der Waals surface area (Å²) in [5.41, 5.74) is 0. The summed E-state index contributed by atoms with van der Waals surface area (Å²) >= 11 is 0. The fraction of sp³-hybridized carbons (Fsp3) is 0.333. The van der Waals surface area contributed by atoms with Gasteiger partial charge in [0.2, 0.25) is 0 Å². The van der Waals surface area contributed by atoms with Crippen molar-refractivity contribution in [2.24, 2.45) is 0 Å². The molecular formula is C3H3F3. The van der Waals surface area contributed by atoms with E-state index in [0.717, 1.165) is 0 Å². The van der Waals surface area contributed by atoms with E-state index in [-0.39, 0.29) is 0 Å². The van der Waals surface area contributed by atoms with Crippen LogP contribution < -0.4 is 0 Å². The Labute approximate surface area is 34.7 Å². The second-order valence-electron chi connectivity index (χ2n) is 0.675. The Morgan fingerprint density at radius 1 is 1.67 bits per heavy atom. The van der Waals surface area contributed by atoms with Crippen LogP contribution in [0.5, 0.6) is 0 Å². The zero-order valence-corrected chi connectivity index (χ0v) is 2.84. The monoisotopic (exact) mass is 97.0 g/mol. The second-order valence-corrected chi connectivity index (χ2v) is 0.675. The van der Waals surface area contributed by atoms with E-state index >= 15 is 0 Å². The van der Waals surface area contributed by atoms with E-state index in [2.05, 4.69) is 6.58 Å². The molecule has 0 aromatic rings. The van der Waals surface area contributed by atoms with E-state index in [1.807, 2.05) is 0 Å². The summed E-state index contributed by atoms with van der Waals surface area (Å²) in [6.07, 6.45) is -4.53. The summed E-state index contributed by atoms with van der Waals surface area (Å²) in [6, 6.07) is -1.51. The number of hydrogen-bond acceptors (Lipinski definition) is 0. The van der Waals surface area contributed by atoms with E-state index in [1.165, 1.54) is 0 Å². The van der Waals surface area contributed by atoms with Crippen LogP contribution in [-0.2, 0) is 0 Å². The molecule has 0 saturated carbocycles. The number of allylic oxidation sites excluding steroid dienone is 1. The van der Waals surface area contributed by atoms with Gasteiger partial charge in [-0.1, -0.05) is 6.58 Å². The Morgan fingerprint density at radius 2 is 1.83 bits per heavy atom. The molecule has 0 spiro atoms.